The van der Waals surface area contributed by atoms with Crippen molar-refractivity contribution >= 4 is 10.0 Å². The first-order chi connectivity index (χ1) is 13.5. The van der Waals surface area contributed by atoms with Crippen LogP contribution in [0.15, 0.2) is 71.8 Å². The van der Waals surface area contributed by atoms with Gasteiger partial charge in [-0.1, -0.05) is 18.2 Å². The maximum absolute atomic E-state index is 13.4. The summed E-state index contributed by atoms with van der Waals surface area (Å²) in [6.07, 6.45) is 4.79. The molecule has 0 N–H and O–H groups in total. The van der Waals surface area contributed by atoms with Gasteiger partial charge in [-0.25, -0.2) is 21.2 Å². The van der Waals surface area contributed by atoms with Crippen molar-refractivity contribution in [2.75, 3.05) is 6.61 Å². The van der Waals surface area contributed by atoms with Crippen molar-refractivity contribution in [2.45, 2.75) is 23.8 Å². The molecule has 1 aliphatic heterocycles. The van der Waals surface area contributed by atoms with E-state index < -0.39 is 21.7 Å². The number of halogens is 2. The standard InChI is InChI=1S/C16H11F2NO2S.C5H8O/c17-14-9-8-12(11-15(14)18)16-7-4-10-19(16)22(20,21)13-5-2-1-3-6-13;1-2-6-5-3-4(1)5/h1-11H;4-5H,1-3H2. The Labute approximate surface area is 162 Å². The topological polar surface area (TPSA) is 48.3 Å². The molecule has 1 saturated heterocycles. The first-order valence-corrected chi connectivity index (χ1v) is 10.5. The zero-order valence-corrected chi connectivity index (χ0v) is 15.8. The second-order valence-electron chi connectivity index (χ2n) is 6.83. The second-order valence-corrected chi connectivity index (χ2v) is 8.64. The van der Waals surface area contributed by atoms with Gasteiger partial charge in [-0.3, -0.25) is 0 Å². The third-order valence-electron chi connectivity index (χ3n) is 4.91. The van der Waals surface area contributed by atoms with Crippen molar-refractivity contribution in [3.8, 4) is 11.3 Å². The van der Waals surface area contributed by atoms with Crippen LogP contribution in [0, 0.1) is 17.6 Å². The Hall–Kier alpha value is -2.51. The van der Waals surface area contributed by atoms with Crippen molar-refractivity contribution in [3.05, 3.63) is 78.5 Å². The highest BCUT2D eigenvalue weighted by atomic mass is 32.2. The molecule has 1 aromatic heterocycles. The Balaban J connectivity index is 0.000000268. The molecule has 4 nitrogen and oxygen atoms in total. The highest BCUT2D eigenvalue weighted by molar-refractivity contribution is 7.90. The molecule has 7 heteroatoms. The monoisotopic (exact) mass is 403 g/mol. The van der Waals surface area contributed by atoms with Gasteiger partial charge in [-0.2, -0.15) is 0 Å². The van der Waals surface area contributed by atoms with Gasteiger partial charge in [0, 0.05) is 18.4 Å². The van der Waals surface area contributed by atoms with E-state index in [-0.39, 0.29) is 16.2 Å². The molecule has 0 radical (unpaired) electrons. The van der Waals surface area contributed by atoms with E-state index in [1.165, 1.54) is 49.4 Å². The van der Waals surface area contributed by atoms with Crippen molar-refractivity contribution in [1.82, 2.24) is 3.97 Å². The van der Waals surface area contributed by atoms with Gasteiger partial charge >= 0.3 is 0 Å². The van der Waals surface area contributed by atoms with Crippen LogP contribution in [0.2, 0.25) is 0 Å². The molecule has 0 bridgehead atoms. The molecule has 5 rings (SSSR count). The Morgan fingerprint density at radius 3 is 2.32 bits per heavy atom. The third kappa shape index (κ3) is 3.72. The molecular formula is C21H19F2NO3S. The molecule has 28 heavy (non-hydrogen) atoms. The summed E-state index contributed by atoms with van der Waals surface area (Å²) < 4.78 is 58.0. The van der Waals surface area contributed by atoms with Crippen molar-refractivity contribution in [1.29, 1.82) is 0 Å². The molecule has 3 aromatic rings. The number of benzene rings is 2. The normalized spacial score (nSPS) is 20.2. The van der Waals surface area contributed by atoms with Gasteiger partial charge in [-0.05, 0) is 61.2 Å². The fraction of sp³-hybridized carbons (Fsp3) is 0.238. The van der Waals surface area contributed by atoms with Crippen LogP contribution in [0.4, 0.5) is 8.78 Å². The number of nitrogens with zero attached hydrogens (tertiary/aromatic N) is 1. The molecule has 2 atom stereocenters. The summed E-state index contributed by atoms with van der Waals surface area (Å²) >= 11 is 0. The second kappa shape index (κ2) is 7.48. The van der Waals surface area contributed by atoms with E-state index >= 15 is 0 Å². The summed E-state index contributed by atoms with van der Waals surface area (Å²) in [6.45, 7) is 1.04. The number of hydrogen-bond acceptors (Lipinski definition) is 3. The van der Waals surface area contributed by atoms with Crippen LogP contribution in [-0.4, -0.2) is 25.1 Å². The van der Waals surface area contributed by atoms with E-state index in [4.69, 9.17) is 4.74 Å². The van der Waals surface area contributed by atoms with Crippen LogP contribution in [0.5, 0.6) is 0 Å². The first-order valence-electron chi connectivity index (χ1n) is 9.02. The molecule has 2 aromatic carbocycles. The minimum atomic E-state index is -3.80. The van der Waals surface area contributed by atoms with E-state index in [1.807, 2.05) is 0 Å². The molecule has 2 fully saturated rings. The third-order valence-corrected chi connectivity index (χ3v) is 6.61. The lowest BCUT2D eigenvalue weighted by Gasteiger charge is -2.11. The lowest BCUT2D eigenvalue weighted by Crippen LogP contribution is -2.13. The minimum Gasteiger partial charge on any atom is -0.378 e. The number of hydrogen-bond donors (Lipinski definition) is 0. The molecular weight excluding hydrogens is 384 g/mol. The van der Waals surface area contributed by atoms with Crippen LogP contribution >= 0.6 is 0 Å². The fourth-order valence-corrected chi connectivity index (χ4v) is 4.64. The highest BCUT2D eigenvalue weighted by Crippen LogP contribution is 2.41. The Kier molecular flexibility index (Phi) is 5.03. The maximum Gasteiger partial charge on any atom is 0.268 e. The molecule has 2 aliphatic rings. The predicted molar refractivity (Wildman–Crippen MR) is 101 cm³/mol. The summed E-state index contributed by atoms with van der Waals surface area (Å²) in [5.74, 6) is -1.01. The van der Waals surface area contributed by atoms with Crippen LogP contribution < -0.4 is 0 Å². The lowest BCUT2D eigenvalue weighted by atomic mass is 10.1. The quantitative estimate of drug-likeness (QED) is 0.649. The van der Waals surface area contributed by atoms with Crippen LogP contribution in [0.25, 0.3) is 11.3 Å². The Morgan fingerprint density at radius 2 is 1.75 bits per heavy atom. The predicted octanol–water partition coefficient (Wildman–Crippen LogP) is 4.47. The van der Waals surface area contributed by atoms with E-state index in [0.717, 1.165) is 28.6 Å². The number of rotatable bonds is 3. The smallest absolute Gasteiger partial charge is 0.268 e. The average molecular weight is 403 g/mol. The molecule has 0 amide bonds. The van der Waals surface area contributed by atoms with Gasteiger partial charge in [0.1, 0.15) is 0 Å². The summed E-state index contributed by atoms with van der Waals surface area (Å²) in [7, 11) is -3.80. The zero-order chi connectivity index (χ0) is 19.7. The van der Waals surface area contributed by atoms with E-state index in [0.29, 0.717) is 6.10 Å². The van der Waals surface area contributed by atoms with Gasteiger partial charge < -0.3 is 4.74 Å². The van der Waals surface area contributed by atoms with Crippen LogP contribution in [0.1, 0.15) is 12.8 Å². The van der Waals surface area contributed by atoms with Crippen molar-refractivity contribution < 1.29 is 21.9 Å². The van der Waals surface area contributed by atoms with Crippen LogP contribution in [-0.2, 0) is 14.8 Å². The number of ether oxygens (including phenoxy) is 1. The van der Waals surface area contributed by atoms with Crippen molar-refractivity contribution in [2.24, 2.45) is 5.92 Å². The Bertz CT molecular complexity index is 1070. The summed E-state index contributed by atoms with van der Waals surface area (Å²) in [4.78, 5) is 0.120. The lowest BCUT2D eigenvalue weighted by molar-refractivity contribution is 0.156. The Morgan fingerprint density at radius 1 is 0.964 bits per heavy atom. The minimum absolute atomic E-state index is 0.120. The molecule has 0 spiro atoms. The van der Waals surface area contributed by atoms with Crippen LogP contribution in [0.3, 0.4) is 0 Å². The summed E-state index contributed by atoms with van der Waals surface area (Å²) in [5, 5.41) is 0. The SMILES string of the molecule is C1CC2CC2O1.O=S(=O)(c1ccccc1)n1cccc1-c1ccc(F)c(F)c1. The summed E-state index contributed by atoms with van der Waals surface area (Å²) in [6, 6.07) is 14.3. The van der Waals surface area contributed by atoms with Crippen molar-refractivity contribution in [3.63, 3.8) is 0 Å². The molecule has 2 unspecified atom stereocenters. The number of fused-ring (bicyclic) bond motifs is 1. The molecule has 1 aliphatic carbocycles. The van der Waals surface area contributed by atoms with E-state index in [1.54, 1.807) is 18.2 Å². The molecule has 1 saturated carbocycles. The first kappa shape index (κ1) is 18.8. The summed E-state index contributed by atoms with van der Waals surface area (Å²) in [5.41, 5.74) is 0.547. The highest BCUT2D eigenvalue weighted by Gasteiger charge is 2.42. The number of aromatic nitrogens is 1. The maximum atomic E-state index is 13.4. The van der Waals surface area contributed by atoms with E-state index in [9.17, 15) is 17.2 Å². The molecule has 146 valence electrons. The van der Waals surface area contributed by atoms with Gasteiger partial charge in [-0.15, -0.1) is 0 Å². The molecule has 2 heterocycles. The fourth-order valence-electron chi connectivity index (χ4n) is 3.26. The van der Waals surface area contributed by atoms with Gasteiger partial charge in [0.25, 0.3) is 10.0 Å². The zero-order valence-electron chi connectivity index (χ0n) is 15.0. The van der Waals surface area contributed by atoms with E-state index in [2.05, 4.69) is 0 Å². The van der Waals surface area contributed by atoms with Gasteiger partial charge in [0.05, 0.1) is 16.7 Å². The largest absolute Gasteiger partial charge is 0.378 e. The van der Waals surface area contributed by atoms with Gasteiger partial charge in [0.2, 0.25) is 0 Å². The average Bonchev–Trinajstić information content (AvgIpc) is 3.10. The van der Waals surface area contributed by atoms with Gasteiger partial charge in [0.15, 0.2) is 11.6 Å².